The molecule has 31 heavy (non-hydrogen) atoms. The molecule has 2 aliphatic heterocycles. The first-order valence-corrected chi connectivity index (χ1v) is 10.6. The molecule has 2 amide bonds. The summed E-state index contributed by atoms with van der Waals surface area (Å²) in [6.07, 6.45) is 2.52. The number of rotatable bonds is 4. The maximum absolute atomic E-state index is 13.8. The number of aromatic nitrogens is 2. The van der Waals surface area contributed by atoms with Crippen molar-refractivity contribution in [2.24, 2.45) is 0 Å². The Morgan fingerprint density at radius 2 is 2.03 bits per heavy atom. The normalized spacial score (nSPS) is 21.3. The minimum absolute atomic E-state index is 0.106. The SMILES string of the molecule is CC(C)Nc1ncc2c(n1)CN(C(=O)NC1CN(C)C[C@H]1c1ccc(F)c(F)c1)CC2. The third kappa shape index (κ3) is 4.76. The molecule has 0 spiro atoms. The fraction of sp³-hybridized carbons (Fsp3) is 0.500. The first kappa shape index (κ1) is 21.4. The molecular weight excluding hydrogens is 402 g/mol. The topological polar surface area (TPSA) is 73.4 Å². The van der Waals surface area contributed by atoms with E-state index in [1.807, 2.05) is 27.1 Å². The Balaban J connectivity index is 1.45. The van der Waals surface area contributed by atoms with Crippen molar-refractivity contribution in [1.82, 2.24) is 25.1 Å². The van der Waals surface area contributed by atoms with Gasteiger partial charge in [-0.3, -0.25) is 0 Å². The number of fused-ring (bicyclic) bond motifs is 1. The first-order valence-electron chi connectivity index (χ1n) is 10.6. The van der Waals surface area contributed by atoms with Crippen molar-refractivity contribution in [1.29, 1.82) is 0 Å². The van der Waals surface area contributed by atoms with Crippen LogP contribution in [0.4, 0.5) is 19.5 Å². The van der Waals surface area contributed by atoms with Crippen molar-refractivity contribution in [3.63, 3.8) is 0 Å². The van der Waals surface area contributed by atoms with E-state index in [2.05, 4.69) is 25.5 Å². The average Bonchev–Trinajstić information content (AvgIpc) is 3.09. The summed E-state index contributed by atoms with van der Waals surface area (Å²) in [5, 5.41) is 6.30. The Bertz CT molecular complexity index is 969. The van der Waals surface area contributed by atoms with Crippen LogP contribution in [0, 0.1) is 11.6 Å². The van der Waals surface area contributed by atoms with Gasteiger partial charge in [0.2, 0.25) is 5.95 Å². The standard InChI is InChI=1S/C22H28F2N6O/c1-13(2)26-21-25-9-15-6-7-30(12-19(15)27-21)22(31)28-20-11-29(3)10-16(20)14-4-5-17(23)18(24)8-14/h4-5,8-9,13,16,20H,6-7,10-12H2,1-3H3,(H,28,31)(H,25,26,27)/t16-,20?/m0/s1. The molecule has 0 saturated carbocycles. The molecule has 1 unspecified atom stereocenters. The highest BCUT2D eigenvalue weighted by Crippen LogP contribution is 2.28. The molecule has 1 aromatic carbocycles. The largest absolute Gasteiger partial charge is 0.352 e. The number of urea groups is 1. The maximum Gasteiger partial charge on any atom is 0.318 e. The van der Waals surface area contributed by atoms with Crippen LogP contribution in [0.2, 0.25) is 0 Å². The van der Waals surface area contributed by atoms with Gasteiger partial charge in [-0.25, -0.2) is 23.5 Å². The Kier molecular flexibility index (Phi) is 6.04. The molecule has 0 aliphatic carbocycles. The summed E-state index contributed by atoms with van der Waals surface area (Å²) in [6.45, 7) is 6.34. The lowest BCUT2D eigenvalue weighted by Crippen LogP contribution is -2.49. The smallest absolute Gasteiger partial charge is 0.318 e. The number of halogens is 2. The van der Waals surface area contributed by atoms with Gasteiger partial charge in [0.25, 0.3) is 0 Å². The van der Waals surface area contributed by atoms with Gasteiger partial charge in [-0.15, -0.1) is 0 Å². The maximum atomic E-state index is 13.8. The van der Waals surface area contributed by atoms with Gasteiger partial charge >= 0.3 is 6.03 Å². The molecule has 1 aromatic heterocycles. The summed E-state index contributed by atoms with van der Waals surface area (Å²) in [7, 11) is 1.95. The van der Waals surface area contributed by atoms with Crippen molar-refractivity contribution < 1.29 is 13.6 Å². The number of benzene rings is 1. The van der Waals surface area contributed by atoms with Gasteiger partial charge in [0.15, 0.2) is 11.6 Å². The first-order chi connectivity index (χ1) is 14.8. The van der Waals surface area contributed by atoms with E-state index in [1.54, 1.807) is 11.0 Å². The molecule has 4 rings (SSSR count). The molecule has 2 atom stereocenters. The van der Waals surface area contributed by atoms with Crippen LogP contribution in [0.5, 0.6) is 0 Å². The van der Waals surface area contributed by atoms with Gasteiger partial charge < -0.3 is 20.4 Å². The molecule has 9 heteroatoms. The zero-order valence-electron chi connectivity index (χ0n) is 18.0. The van der Waals surface area contributed by atoms with Crippen molar-refractivity contribution in [2.45, 2.75) is 44.8 Å². The minimum atomic E-state index is -0.865. The fourth-order valence-corrected chi connectivity index (χ4v) is 4.28. The van der Waals surface area contributed by atoms with E-state index < -0.39 is 11.6 Å². The number of amides is 2. The van der Waals surface area contributed by atoms with E-state index in [1.165, 1.54) is 6.07 Å². The second-order valence-electron chi connectivity index (χ2n) is 8.69. The molecule has 0 bridgehead atoms. The molecule has 2 N–H and O–H groups in total. The van der Waals surface area contributed by atoms with E-state index in [9.17, 15) is 13.6 Å². The van der Waals surface area contributed by atoms with Crippen LogP contribution in [0.1, 0.15) is 36.6 Å². The molecular formula is C22H28F2N6O. The Hall–Kier alpha value is -2.81. The van der Waals surface area contributed by atoms with Crippen LogP contribution in [0.3, 0.4) is 0 Å². The number of likely N-dealkylation sites (tertiary alicyclic amines) is 1. The number of carbonyl (C=O) groups excluding carboxylic acids is 1. The van der Waals surface area contributed by atoms with Crippen LogP contribution < -0.4 is 10.6 Å². The zero-order valence-corrected chi connectivity index (χ0v) is 18.0. The highest BCUT2D eigenvalue weighted by Gasteiger charge is 2.35. The second kappa shape index (κ2) is 8.74. The Morgan fingerprint density at radius 1 is 1.23 bits per heavy atom. The Morgan fingerprint density at radius 3 is 2.77 bits per heavy atom. The lowest BCUT2D eigenvalue weighted by molar-refractivity contribution is 0.186. The predicted octanol–water partition coefficient (Wildman–Crippen LogP) is 2.74. The van der Waals surface area contributed by atoms with Crippen molar-refractivity contribution in [3.05, 3.63) is 52.9 Å². The van der Waals surface area contributed by atoms with Gasteiger partial charge in [0.05, 0.1) is 18.3 Å². The summed E-state index contributed by atoms with van der Waals surface area (Å²) in [5.74, 6) is -1.27. The molecule has 0 radical (unpaired) electrons. The quantitative estimate of drug-likeness (QED) is 0.781. The molecule has 166 valence electrons. The minimum Gasteiger partial charge on any atom is -0.352 e. The summed E-state index contributed by atoms with van der Waals surface area (Å²) in [6, 6.07) is 3.83. The lowest BCUT2D eigenvalue weighted by Gasteiger charge is -2.30. The van der Waals surface area contributed by atoms with Crippen LogP contribution in [0.25, 0.3) is 0 Å². The van der Waals surface area contributed by atoms with Gasteiger partial charge in [0, 0.05) is 37.8 Å². The third-order valence-electron chi connectivity index (χ3n) is 5.83. The summed E-state index contributed by atoms with van der Waals surface area (Å²) in [4.78, 5) is 25.8. The number of carbonyl (C=O) groups is 1. The monoisotopic (exact) mass is 430 g/mol. The summed E-state index contributed by atoms with van der Waals surface area (Å²) < 4.78 is 27.1. The molecule has 7 nitrogen and oxygen atoms in total. The molecule has 2 aliphatic rings. The number of hydrogen-bond acceptors (Lipinski definition) is 5. The number of likely N-dealkylation sites (N-methyl/N-ethyl adjacent to an activating group) is 1. The molecule has 3 heterocycles. The number of hydrogen-bond donors (Lipinski definition) is 2. The zero-order chi connectivity index (χ0) is 22.1. The fourth-order valence-electron chi connectivity index (χ4n) is 4.28. The van der Waals surface area contributed by atoms with Gasteiger partial charge in [-0.05, 0) is 50.6 Å². The van der Waals surface area contributed by atoms with Gasteiger partial charge in [-0.2, -0.15) is 0 Å². The highest BCUT2D eigenvalue weighted by molar-refractivity contribution is 5.75. The van der Waals surface area contributed by atoms with Crippen molar-refractivity contribution in [3.8, 4) is 0 Å². The highest BCUT2D eigenvalue weighted by atomic mass is 19.2. The average molecular weight is 431 g/mol. The van der Waals surface area contributed by atoms with Crippen molar-refractivity contribution >= 4 is 12.0 Å². The molecule has 1 fully saturated rings. The van der Waals surface area contributed by atoms with E-state index in [0.717, 1.165) is 17.3 Å². The number of nitrogens with zero attached hydrogens (tertiary/aromatic N) is 4. The Labute approximate surface area is 180 Å². The molecule has 1 saturated heterocycles. The van der Waals surface area contributed by atoms with Crippen LogP contribution in [-0.2, 0) is 13.0 Å². The van der Waals surface area contributed by atoms with Gasteiger partial charge in [-0.1, -0.05) is 6.07 Å². The summed E-state index contributed by atoms with van der Waals surface area (Å²) >= 11 is 0. The van der Waals surface area contributed by atoms with E-state index in [0.29, 0.717) is 44.1 Å². The molecule has 2 aromatic rings. The van der Waals surface area contributed by atoms with Crippen LogP contribution >= 0.6 is 0 Å². The van der Waals surface area contributed by atoms with E-state index in [-0.39, 0.29) is 24.0 Å². The summed E-state index contributed by atoms with van der Waals surface area (Å²) in [5.41, 5.74) is 2.59. The third-order valence-corrected chi connectivity index (χ3v) is 5.83. The van der Waals surface area contributed by atoms with E-state index >= 15 is 0 Å². The number of nitrogens with one attached hydrogen (secondary N) is 2. The van der Waals surface area contributed by atoms with Crippen LogP contribution in [0.15, 0.2) is 24.4 Å². The van der Waals surface area contributed by atoms with Crippen molar-refractivity contribution in [2.75, 3.05) is 32.0 Å². The van der Waals surface area contributed by atoms with Crippen LogP contribution in [-0.4, -0.2) is 64.6 Å². The lowest BCUT2D eigenvalue weighted by atomic mass is 9.94. The van der Waals surface area contributed by atoms with Gasteiger partial charge in [0.1, 0.15) is 0 Å². The predicted molar refractivity (Wildman–Crippen MR) is 114 cm³/mol. The second-order valence-corrected chi connectivity index (χ2v) is 8.69. The number of anilines is 1. The van der Waals surface area contributed by atoms with E-state index in [4.69, 9.17) is 0 Å².